The third-order valence-corrected chi connectivity index (χ3v) is 1.97. The zero-order valence-corrected chi connectivity index (χ0v) is 8.34. The fourth-order valence-electron chi connectivity index (χ4n) is 0.968. The van der Waals surface area contributed by atoms with Crippen molar-refractivity contribution in [1.29, 1.82) is 0 Å². The van der Waals surface area contributed by atoms with Gasteiger partial charge in [0.05, 0.1) is 22.9 Å². The number of benzene rings is 1. The van der Waals surface area contributed by atoms with Crippen LogP contribution < -0.4 is 5.73 Å². The monoisotopic (exact) mass is 215 g/mol. The Labute approximate surface area is 86.2 Å². The quantitative estimate of drug-likeness (QED) is 0.448. The fourth-order valence-corrected chi connectivity index (χ4v) is 1.13. The molecular weight excluding hydrogens is 206 g/mol. The lowest BCUT2D eigenvalue weighted by atomic mass is 10.1. The van der Waals surface area contributed by atoms with Gasteiger partial charge in [-0.3, -0.25) is 0 Å². The number of carbonyl (C=O) groups is 1. The average Bonchev–Trinajstić information content (AvgIpc) is 2.15. The summed E-state index contributed by atoms with van der Waals surface area (Å²) in [6.45, 7) is 1.94. The first-order valence-corrected chi connectivity index (χ1v) is 4.39. The molecule has 0 saturated heterocycles. The van der Waals surface area contributed by atoms with Crippen molar-refractivity contribution in [3.8, 4) is 5.75 Å². The molecule has 14 heavy (non-hydrogen) atoms. The molecule has 76 valence electrons. The number of carbonyl (C=O) groups excluding carboxylic acids is 1. The highest BCUT2D eigenvalue weighted by atomic mass is 35.5. The maximum Gasteiger partial charge on any atom is 0.340 e. The maximum atomic E-state index is 11.3. The van der Waals surface area contributed by atoms with E-state index in [4.69, 9.17) is 22.1 Å². The lowest BCUT2D eigenvalue weighted by molar-refractivity contribution is 0.0527. The molecule has 0 atom stereocenters. The fraction of sp³-hybridized carbons (Fsp3) is 0.222. The van der Waals surface area contributed by atoms with Gasteiger partial charge >= 0.3 is 5.97 Å². The van der Waals surface area contributed by atoms with E-state index in [9.17, 15) is 9.90 Å². The molecule has 4 nitrogen and oxygen atoms in total. The van der Waals surface area contributed by atoms with Crippen molar-refractivity contribution in [2.45, 2.75) is 6.92 Å². The molecule has 0 aliphatic carbocycles. The van der Waals surface area contributed by atoms with Crippen LogP contribution in [-0.2, 0) is 4.74 Å². The summed E-state index contributed by atoms with van der Waals surface area (Å²) in [5, 5.41) is 9.45. The van der Waals surface area contributed by atoms with Gasteiger partial charge in [0.15, 0.2) is 5.75 Å². The van der Waals surface area contributed by atoms with Crippen molar-refractivity contribution in [3.63, 3.8) is 0 Å². The van der Waals surface area contributed by atoms with E-state index in [1.165, 1.54) is 12.1 Å². The maximum absolute atomic E-state index is 11.3. The third-order valence-electron chi connectivity index (χ3n) is 1.66. The van der Waals surface area contributed by atoms with E-state index in [1.807, 2.05) is 0 Å². The van der Waals surface area contributed by atoms with Crippen LogP contribution in [0.25, 0.3) is 0 Å². The van der Waals surface area contributed by atoms with Crippen LogP contribution >= 0.6 is 11.6 Å². The van der Waals surface area contributed by atoms with Crippen molar-refractivity contribution in [1.82, 2.24) is 0 Å². The minimum atomic E-state index is -0.572. The highest BCUT2D eigenvalue weighted by Gasteiger charge is 2.15. The van der Waals surface area contributed by atoms with Crippen molar-refractivity contribution in [3.05, 3.63) is 22.7 Å². The van der Waals surface area contributed by atoms with Crippen LogP contribution in [0.5, 0.6) is 5.75 Å². The molecule has 0 aliphatic rings. The number of nitrogens with two attached hydrogens (primary N) is 1. The minimum Gasteiger partial charge on any atom is -0.504 e. The third kappa shape index (κ3) is 1.90. The minimum absolute atomic E-state index is 0.0593. The van der Waals surface area contributed by atoms with Gasteiger partial charge in [0, 0.05) is 0 Å². The first-order valence-electron chi connectivity index (χ1n) is 4.02. The molecule has 0 amide bonds. The van der Waals surface area contributed by atoms with Crippen LogP contribution in [0.4, 0.5) is 5.69 Å². The van der Waals surface area contributed by atoms with Crippen LogP contribution in [0, 0.1) is 0 Å². The number of hydrogen-bond acceptors (Lipinski definition) is 4. The van der Waals surface area contributed by atoms with Gasteiger partial charge in [0.25, 0.3) is 0 Å². The van der Waals surface area contributed by atoms with Gasteiger partial charge in [-0.05, 0) is 19.1 Å². The molecule has 0 aliphatic heterocycles. The van der Waals surface area contributed by atoms with E-state index in [1.54, 1.807) is 6.92 Å². The first-order chi connectivity index (χ1) is 6.57. The molecule has 1 aromatic rings. The predicted octanol–water partition coefficient (Wildman–Crippen LogP) is 1.80. The molecular formula is C9H10ClNO3. The van der Waals surface area contributed by atoms with Gasteiger partial charge in [0.1, 0.15) is 0 Å². The molecule has 0 aromatic heterocycles. The Morgan fingerprint density at radius 1 is 1.64 bits per heavy atom. The molecule has 0 unspecified atom stereocenters. The zero-order chi connectivity index (χ0) is 10.7. The van der Waals surface area contributed by atoms with E-state index in [2.05, 4.69) is 0 Å². The molecule has 0 saturated carbocycles. The summed E-state index contributed by atoms with van der Waals surface area (Å²) in [7, 11) is 0. The number of hydrogen-bond donors (Lipinski definition) is 2. The highest BCUT2D eigenvalue weighted by molar-refractivity contribution is 6.32. The predicted molar refractivity (Wildman–Crippen MR) is 53.5 cm³/mol. The number of halogens is 1. The van der Waals surface area contributed by atoms with E-state index in [-0.39, 0.29) is 28.6 Å². The average molecular weight is 216 g/mol. The number of ether oxygens (including phenoxy) is 1. The van der Waals surface area contributed by atoms with Gasteiger partial charge in [-0.25, -0.2) is 4.79 Å². The molecule has 0 heterocycles. The summed E-state index contributed by atoms with van der Waals surface area (Å²) in [6.07, 6.45) is 0. The van der Waals surface area contributed by atoms with Crippen molar-refractivity contribution in [2.75, 3.05) is 12.3 Å². The Kier molecular flexibility index (Phi) is 3.19. The van der Waals surface area contributed by atoms with E-state index >= 15 is 0 Å². The summed E-state index contributed by atoms with van der Waals surface area (Å²) in [4.78, 5) is 11.3. The molecule has 1 rings (SSSR count). The summed E-state index contributed by atoms with van der Waals surface area (Å²) >= 11 is 5.59. The number of rotatable bonds is 2. The molecule has 1 aromatic carbocycles. The standard InChI is InChI=1S/C9H10ClNO3/c1-2-14-9(13)5-3-4-6(10)8(12)7(5)11/h3-4,12H,2,11H2,1H3. The van der Waals surface area contributed by atoms with E-state index in [0.717, 1.165) is 0 Å². The summed E-state index contributed by atoms with van der Waals surface area (Å²) in [6, 6.07) is 2.80. The normalized spacial score (nSPS) is 9.86. The van der Waals surface area contributed by atoms with Crippen molar-refractivity contribution >= 4 is 23.3 Å². The van der Waals surface area contributed by atoms with Crippen LogP contribution in [-0.4, -0.2) is 17.7 Å². The van der Waals surface area contributed by atoms with Crippen LogP contribution in [0.3, 0.4) is 0 Å². The number of phenolic OH excluding ortho intramolecular Hbond substituents is 1. The molecule has 5 heteroatoms. The van der Waals surface area contributed by atoms with Gasteiger partial charge in [-0.1, -0.05) is 11.6 Å². The zero-order valence-electron chi connectivity index (χ0n) is 7.58. The van der Waals surface area contributed by atoms with Crippen LogP contribution in [0.1, 0.15) is 17.3 Å². The van der Waals surface area contributed by atoms with Gasteiger partial charge in [-0.2, -0.15) is 0 Å². The lowest BCUT2D eigenvalue weighted by Crippen LogP contribution is -2.07. The van der Waals surface area contributed by atoms with Crippen molar-refractivity contribution in [2.24, 2.45) is 0 Å². The van der Waals surface area contributed by atoms with Gasteiger partial charge < -0.3 is 15.6 Å². The van der Waals surface area contributed by atoms with Crippen molar-refractivity contribution < 1.29 is 14.6 Å². The smallest absolute Gasteiger partial charge is 0.340 e. The molecule has 0 bridgehead atoms. The molecule has 0 spiro atoms. The Bertz CT molecular complexity index is 365. The number of phenols is 1. The second-order valence-electron chi connectivity index (χ2n) is 2.58. The Hall–Kier alpha value is -1.42. The Balaban J connectivity index is 3.11. The summed E-state index contributed by atoms with van der Waals surface area (Å²) in [5.41, 5.74) is 5.54. The summed E-state index contributed by atoms with van der Waals surface area (Å²) < 4.78 is 4.73. The number of aromatic hydroxyl groups is 1. The highest BCUT2D eigenvalue weighted by Crippen LogP contribution is 2.32. The second kappa shape index (κ2) is 4.19. The molecule has 3 N–H and O–H groups in total. The Morgan fingerprint density at radius 2 is 2.29 bits per heavy atom. The lowest BCUT2D eigenvalue weighted by Gasteiger charge is -2.07. The molecule has 0 fully saturated rings. The SMILES string of the molecule is CCOC(=O)c1ccc(Cl)c(O)c1N. The Morgan fingerprint density at radius 3 is 2.86 bits per heavy atom. The number of nitrogen functional groups attached to an aromatic ring is 1. The van der Waals surface area contributed by atoms with E-state index < -0.39 is 5.97 Å². The second-order valence-corrected chi connectivity index (χ2v) is 2.98. The van der Waals surface area contributed by atoms with E-state index in [0.29, 0.717) is 0 Å². The first kappa shape index (κ1) is 10.7. The number of esters is 1. The largest absolute Gasteiger partial charge is 0.504 e. The van der Waals surface area contributed by atoms with Crippen LogP contribution in [0.2, 0.25) is 5.02 Å². The topological polar surface area (TPSA) is 72.5 Å². The van der Waals surface area contributed by atoms with Gasteiger partial charge in [0.2, 0.25) is 0 Å². The van der Waals surface area contributed by atoms with Crippen LogP contribution in [0.15, 0.2) is 12.1 Å². The van der Waals surface area contributed by atoms with Gasteiger partial charge in [-0.15, -0.1) is 0 Å². The number of anilines is 1. The summed E-state index contributed by atoms with van der Waals surface area (Å²) in [5.74, 6) is -0.866. The molecule has 0 radical (unpaired) electrons.